The highest BCUT2D eigenvalue weighted by molar-refractivity contribution is 9.10. The molecule has 3 nitrogen and oxygen atoms in total. The van der Waals surface area contributed by atoms with Crippen LogP contribution >= 0.6 is 27.3 Å². The van der Waals surface area contributed by atoms with Gasteiger partial charge in [0.1, 0.15) is 0 Å². The van der Waals surface area contributed by atoms with Crippen LogP contribution in [-0.2, 0) is 12.8 Å². The quantitative estimate of drug-likeness (QED) is 0.673. The first-order valence-electron chi connectivity index (χ1n) is 6.35. The molecular weight excluding hydrogens is 322 g/mol. The van der Waals surface area contributed by atoms with E-state index in [1.165, 1.54) is 29.8 Å². The van der Waals surface area contributed by atoms with Crippen LogP contribution in [0.25, 0.3) is 0 Å². The van der Waals surface area contributed by atoms with E-state index >= 15 is 0 Å². The van der Waals surface area contributed by atoms with Crippen LogP contribution in [0.3, 0.4) is 0 Å². The molecule has 1 aromatic carbocycles. The summed E-state index contributed by atoms with van der Waals surface area (Å²) in [6, 6.07) is 8.00. The summed E-state index contributed by atoms with van der Waals surface area (Å²) in [4.78, 5) is 6.01. The summed E-state index contributed by atoms with van der Waals surface area (Å²) < 4.78 is 1.04. The topological polar surface area (TPSA) is 37.3 Å². The molecule has 1 aliphatic rings. The number of thiazole rings is 1. The molecule has 0 atom stereocenters. The maximum atomic E-state index is 4.59. The summed E-state index contributed by atoms with van der Waals surface area (Å²) >= 11 is 5.22. The Bertz CT molecular complexity index is 583. The van der Waals surface area contributed by atoms with Gasteiger partial charge in [0.2, 0.25) is 5.13 Å². The van der Waals surface area contributed by atoms with E-state index in [0.717, 1.165) is 21.6 Å². The van der Waals surface area contributed by atoms with Gasteiger partial charge >= 0.3 is 0 Å². The first-order valence-corrected chi connectivity index (χ1v) is 7.96. The fourth-order valence-electron chi connectivity index (χ4n) is 2.14. The third-order valence-electron chi connectivity index (χ3n) is 3.11. The first-order chi connectivity index (χ1) is 9.33. The van der Waals surface area contributed by atoms with Crippen LogP contribution in [0, 0.1) is 0 Å². The van der Waals surface area contributed by atoms with Crippen LogP contribution in [0.2, 0.25) is 0 Å². The predicted molar refractivity (Wildman–Crippen MR) is 84.1 cm³/mol. The molecule has 3 rings (SSSR count). The number of hydrogen-bond donors (Lipinski definition) is 1. The minimum Gasteiger partial charge on any atom is -0.253 e. The van der Waals surface area contributed by atoms with E-state index < -0.39 is 0 Å². The van der Waals surface area contributed by atoms with Gasteiger partial charge in [0, 0.05) is 14.9 Å². The Morgan fingerprint density at radius 1 is 1.26 bits per heavy atom. The average molecular weight is 336 g/mol. The van der Waals surface area contributed by atoms with E-state index in [0.29, 0.717) is 0 Å². The summed E-state index contributed by atoms with van der Waals surface area (Å²) in [6.07, 6.45) is 6.64. The number of nitrogens with zero attached hydrogens (tertiary/aromatic N) is 2. The molecular formula is C14H14BrN3S. The van der Waals surface area contributed by atoms with Crippen molar-refractivity contribution < 1.29 is 0 Å². The maximum Gasteiger partial charge on any atom is 0.203 e. The van der Waals surface area contributed by atoms with Gasteiger partial charge in [-0.15, -0.1) is 11.3 Å². The van der Waals surface area contributed by atoms with Gasteiger partial charge in [-0.25, -0.2) is 4.98 Å². The van der Waals surface area contributed by atoms with Crippen molar-refractivity contribution in [2.24, 2.45) is 5.10 Å². The van der Waals surface area contributed by atoms with Crippen molar-refractivity contribution in [3.8, 4) is 0 Å². The Morgan fingerprint density at radius 2 is 2.11 bits per heavy atom. The molecule has 0 saturated heterocycles. The van der Waals surface area contributed by atoms with E-state index in [-0.39, 0.29) is 0 Å². The van der Waals surface area contributed by atoms with E-state index in [1.807, 2.05) is 30.5 Å². The molecule has 98 valence electrons. The zero-order valence-corrected chi connectivity index (χ0v) is 12.8. The summed E-state index contributed by atoms with van der Waals surface area (Å²) in [6.45, 7) is 0. The number of halogens is 1. The van der Waals surface area contributed by atoms with E-state index in [4.69, 9.17) is 0 Å². The number of aryl methyl sites for hydroxylation is 2. The minimum atomic E-state index is 0.898. The predicted octanol–water partition coefficient (Wildman–Crippen LogP) is 4.23. The molecule has 0 amide bonds. The zero-order valence-electron chi connectivity index (χ0n) is 10.4. The number of hydrazone groups is 1. The van der Waals surface area contributed by atoms with Crippen LogP contribution in [0.5, 0.6) is 0 Å². The second-order valence-electron chi connectivity index (χ2n) is 4.49. The van der Waals surface area contributed by atoms with Crippen molar-refractivity contribution in [1.29, 1.82) is 0 Å². The van der Waals surface area contributed by atoms with Crippen molar-refractivity contribution in [2.75, 3.05) is 5.43 Å². The van der Waals surface area contributed by atoms with Gasteiger partial charge in [0.25, 0.3) is 0 Å². The monoisotopic (exact) mass is 335 g/mol. The lowest BCUT2D eigenvalue weighted by atomic mass is 10.0. The smallest absolute Gasteiger partial charge is 0.203 e. The van der Waals surface area contributed by atoms with Gasteiger partial charge in [-0.2, -0.15) is 5.10 Å². The van der Waals surface area contributed by atoms with Gasteiger partial charge in [0.15, 0.2) is 0 Å². The maximum absolute atomic E-state index is 4.59. The Kier molecular flexibility index (Phi) is 3.94. The number of fused-ring (bicyclic) bond motifs is 1. The highest BCUT2D eigenvalue weighted by Gasteiger charge is 2.14. The SMILES string of the molecule is Brc1ccccc1/C=N/Nc1nc2c(s1)CCCC2. The second-order valence-corrected chi connectivity index (χ2v) is 6.43. The molecule has 0 fully saturated rings. The number of nitrogens with one attached hydrogen (secondary N) is 1. The van der Waals surface area contributed by atoms with Crippen molar-refractivity contribution >= 4 is 38.6 Å². The molecule has 1 heterocycles. The molecule has 1 aliphatic carbocycles. The van der Waals surface area contributed by atoms with Crippen LogP contribution in [0.15, 0.2) is 33.8 Å². The molecule has 0 bridgehead atoms. The lowest BCUT2D eigenvalue weighted by Crippen LogP contribution is -1.99. The standard InChI is InChI=1S/C14H14BrN3S/c15-11-6-2-1-5-10(11)9-16-18-14-17-12-7-3-4-8-13(12)19-14/h1-2,5-6,9H,3-4,7-8H2,(H,17,18)/b16-9+. The van der Waals surface area contributed by atoms with Crippen LogP contribution in [0.1, 0.15) is 29.0 Å². The molecule has 2 aromatic rings. The molecule has 19 heavy (non-hydrogen) atoms. The Balaban J connectivity index is 1.69. The average Bonchev–Trinajstić information content (AvgIpc) is 2.83. The molecule has 1 N–H and O–H groups in total. The summed E-state index contributed by atoms with van der Waals surface area (Å²) in [5.41, 5.74) is 5.34. The molecule has 0 aliphatic heterocycles. The van der Waals surface area contributed by atoms with Crippen LogP contribution in [-0.4, -0.2) is 11.2 Å². The van der Waals surface area contributed by atoms with Gasteiger partial charge in [-0.1, -0.05) is 34.1 Å². The third kappa shape index (κ3) is 3.04. The number of hydrogen-bond acceptors (Lipinski definition) is 4. The zero-order chi connectivity index (χ0) is 13.1. The molecule has 0 saturated carbocycles. The third-order valence-corrected chi connectivity index (χ3v) is 4.90. The van der Waals surface area contributed by atoms with E-state index in [9.17, 15) is 0 Å². The fourth-order valence-corrected chi connectivity index (χ4v) is 3.52. The van der Waals surface area contributed by atoms with Crippen LogP contribution < -0.4 is 5.43 Å². The summed E-state index contributed by atoms with van der Waals surface area (Å²) in [5.74, 6) is 0. The lowest BCUT2D eigenvalue weighted by molar-refractivity contribution is 0.682. The molecule has 1 aromatic heterocycles. The normalized spacial score (nSPS) is 14.6. The van der Waals surface area contributed by atoms with Gasteiger partial charge in [-0.05, 0) is 31.7 Å². The number of rotatable bonds is 3. The Hall–Kier alpha value is -1.20. The minimum absolute atomic E-state index is 0.898. The van der Waals surface area contributed by atoms with Crippen molar-refractivity contribution in [3.63, 3.8) is 0 Å². The van der Waals surface area contributed by atoms with Crippen molar-refractivity contribution in [2.45, 2.75) is 25.7 Å². The van der Waals surface area contributed by atoms with Crippen molar-refractivity contribution in [1.82, 2.24) is 4.98 Å². The number of aromatic nitrogens is 1. The lowest BCUT2D eigenvalue weighted by Gasteiger charge is -2.06. The number of benzene rings is 1. The van der Waals surface area contributed by atoms with Gasteiger partial charge < -0.3 is 0 Å². The fraction of sp³-hybridized carbons (Fsp3) is 0.286. The second kappa shape index (κ2) is 5.84. The summed E-state index contributed by atoms with van der Waals surface area (Å²) in [5, 5.41) is 5.16. The highest BCUT2D eigenvalue weighted by Crippen LogP contribution is 2.29. The Labute approximate surface area is 124 Å². The molecule has 0 spiro atoms. The van der Waals surface area contributed by atoms with E-state index in [2.05, 4.69) is 31.4 Å². The largest absolute Gasteiger partial charge is 0.253 e. The number of anilines is 1. The molecule has 5 heteroatoms. The Morgan fingerprint density at radius 3 is 2.95 bits per heavy atom. The summed E-state index contributed by atoms with van der Waals surface area (Å²) in [7, 11) is 0. The van der Waals surface area contributed by atoms with Gasteiger partial charge in [0.05, 0.1) is 11.9 Å². The molecule has 0 radical (unpaired) electrons. The van der Waals surface area contributed by atoms with E-state index in [1.54, 1.807) is 11.3 Å². The van der Waals surface area contributed by atoms with Gasteiger partial charge in [-0.3, -0.25) is 5.43 Å². The van der Waals surface area contributed by atoms with Crippen molar-refractivity contribution in [3.05, 3.63) is 44.9 Å². The molecule has 0 unspecified atom stereocenters. The van der Waals surface area contributed by atoms with Crippen LogP contribution in [0.4, 0.5) is 5.13 Å². The first kappa shape index (κ1) is 12.8. The highest BCUT2D eigenvalue weighted by atomic mass is 79.9.